The van der Waals surface area contributed by atoms with E-state index in [-0.39, 0.29) is 17.1 Å². The van der Waals surface area contributed by atoms with Crippen LogP contribution in [0.3, 0.4) is 0 Å². The normalized spacial score (nSPS) is 14.2. The summed E-state index contributed by atoms with van der Waals surface area (Å²) in [5.74, 6) is -0.652. The number of fused-ring (bicyclic) bond motifs is 1. The van der Waals surface area contributed by atoms with Crippen molar-refractivity contribution in [2.75, 3.05) is 24.7 Å². The number of ketones is 1. The molecule has 4 nitrogen and oxygen atoms in total. The van der Waals surface area contributed by atoms with Crippen molar-refractivity contribution in [3.05, 3.63) is 27.7 Å². The summed E-state index contributed by atoms with van der Waals surface area (Å²) in [4.78, 5) is 25.4. The Labute approximate surface area is 134 Å². The predicted molar refractivity (Wildman–Crippen MR) is 83.4 cm³/mol. The van der Waals surface area contributed by atoms with Crippen LogP contribution in [0.2, 0.25) is 10.0 Å². The van der Waals surface area contributed by atoms with Crippen LogP contribution >= 0.6 is 23.2 Å². The molecular weight excluding hydrogens is 313 g/mol. The van der Waals surface area contributed by atoms with Gasteiger partial charge in [0.25, 0.3) is 11.7 Å². The van der Waals surface area contributed by atoms with Gasteiger partial charge < -0.3 is 9.64 Å². The lowest BCUT2D eigenvalue weighted by Gasteiger charge is -2.18. The van der Waals surface area contributed by atoms with Crippen LogP contribution in [-0.2, 0) is 9.53 Å². The molecule has 1 amide bonds. The fourth-order valence-electron chi connectivity index (χ4n) is 2.14. The van der Waals surface area contributed by atoms with E-state index < -0.39 is 11.7 Å². The lowest BCUT2D eigenvalue weighted by molar-refractivity contribution is -0.114. The van der Waals surface area contributed by atoms with Crippen LogP contribution in [0.1, 0.15) is 30.6 Å². The zero-order chi connectivity index (χ0) is 15.6. The van der Waals surface area contributed by atoms with Crippen LogP contribution in [0, 0.1) is 5.92 Å². The Morgan fingerprint density at radius 2 is 1.81 bits per heavy atom. The second-order valence-corrected chi connectivity index (χ2v) is 6.15. The SMILES string of the molecule is CC(C)CCOCCN1C(=O)C(=O)c2c(Cl)ccc(Cl)c21. The monoisotopic (exact) mass is 329 g/mol. The van der Waals surface area contributed by atoms with Crippen molar-refractivity contribution < 1.29 is 14.3 Å². The van der Waals surface area contributed by atoms with Gasteiger partial charge in [-0.2, -0.15) is 0 Å². The van der Waals surface area contributed by atoms with Gasteiger partial charge in [0.1, 0.15) is 0 Å². The van der Waals surface area contributed by atoms with Gasteiger partial charge in [-0.05, 0) is 24.5 Å². The van der Waals surface area contributed by atoms with Crippen LogP contribution in [-0.4, -0.2) is 31.4 Å². The van der Waals surface area contributed by atoms with Crippen molar-refractivity contribution in [2.45, 2.75) is 20.3 Å². The van der Waals surface area contributed by atoms with Gasteiger partial charge in [-0.1, -0.05) is 37.0 Å². The zero-order valence-corrected chi connectivity index (χ0v) is 13.5. The molecule has 0 saturated carbocycles. The van der Waals surface area contributed by atoms with Crippen molar-refractivity contribution in [1.29, 1.82) is 0 Å². The Balaban J connectivity index is 2.07. The maximum Gasteiger partial charge on any atom is 0.299 e. The summed E-state index contributed by atoms with van der Waals surface area (Å²) in [6.45, 7) is 5.50. The number of ether oxygens (including phenoxy) is 1. The van der Waals surface area contributed by atoms with Gasteiger partial charge in [0, 0.05) is 13.2 Å². The summed E-state index contributed by atoms with van der Waals surface area (Å²) in [5.41, 5.74) is 0.586. The Hall–Kier alpha value is -1.10. The van der Waals surface area contributed by atoms with Crippen LogP contribution in [0.15, 0.2) is 12.1 Å². The third-order valence-corrected chi connectivity index (χ3v) is 3.93. The number of halogens is 2. The van der Waals surface area contributed by atoms with Crippen molar-refractivity contribution >= 4 is 40.6 Å². The molecule has 2 rings (SSSR count). The molecule has 6 heteroatoms. The number of nitrogens with zero attached hydrogens (tertiary/aromatic N) is 1. The minimum absolute atomic E-state index is 0.191. The minimum atomic E-state index is -0.611. The second-order valence-electron chi connectivity index (χ2n) is 5.33. The molecule has 114 valence electrons. The fourth-order valence-corrected chi connectivity index (χ4v) is 2.64. The number of hydrogen-bond donors (Lipinski definition) is 0. The molecule has 0 aromatic heterocycles. The zero-order valence-electron chi connectivity index (χ0n) is 12.0. The van der Waals surface area contributed by atoms with Gasteiger partial charge >= 0.3 is 0 Å². The van der Waals surface area contributed by atoms with Crippen molar-refractivity contribution in [1.82, 2.24) is 0 Å². The predicted octanol–water partition coefficient (Wildman–Crippen LogP) is 3.59. The molecule has 0 radical (unpaired) electrons. The second kappa shape index (κ2) is 6.77. The first-order valence-corrected chi connectivity index (χ1v) is 7.61. The number of Topliss-reactive ketones (excluding diaryl/α,β-unsaturated/α-hetero) is 1. The summed E-state index contributed by atoms with van der Waals surface area (Å²) < 4.78 is 5.49. The minimum Gasteiger partial charge on any atom is -0.380 e. The number of amides is 1. The number of rotatable bonds is 6. The largest absolute Gasteiger partial charge is 0.380 e. The fraction of sp³-hybridized carbons (Fsp3) is 0.467. The van der Waals surface area contributed by atoms with Crippen molar-refractivity contribution in [3.8, 4) is 0 Å². The lowest BCUT2D eigenvalue weighted by atomic mass is 10.1. The summed E-state index contributed by atoms with van der Waals surface area (Å²) in [6, 6.07) is 3.11. The molecule has 1 aromatic carbocycles. The van der Waals surface area contributed by atoms with Gasteiger partial charge in [0.15, 0.2) is 0 Å². The van der Waals surface area contributed by atoms with E-state index in [1.807, 2.05) is 0 Å². The third kappa shape index (κ3) is 3.39. The Morgan fingerprint density at radius 1 is 1.14 bits per heavy atom. The molecule has 0 unspecified atom stereocenters. The topological polar surface area (TPSA) is 46.6 Å². The molecule has 1 aliphatic heterocycles. The maximum absolute atomic E-state index is 12.0. The van der Waals surface area contributed by atoms with Gasteiger partial charge in [-0.3, -0.25) is 9.59 Å². The van der Waals surface area contributed by atoms with E-state index in [9.17, 15) is 9.59 Å². The Morgan fingerprint density at radius 3 is 2.48 bits per heavy atom. The molecule has 0 saturated heterocycles. The van der Waals surface area contributed by atoms with E-state index >= 15 is 0 Å². The van der Waals surface area contributed by atoms with Gasteiger partial charge in [-0.25, -0.2) is 0 Å². The number of carbonyl (C=O) groups is 2. The summed E-state index contributed by atoms with van der Waals surface area (Å²) in [6.07, 6.45) is 0.954. The highest BCUT2D eigenvalue weighted by atomic mass is 35.5. The first kappa shape index (κ1) is 16.3. The summed E-state index contributed by atoms with van der Waals surface area (Å²) in [5, 5.41) is 0.590. The van der Waals surface area contributed by atoms with E-state index in [4.69, 9.17) is 27.9 Å². The van der Waals surface area contributed by atoms with Crippen LogP contribution in [0.5, 0.6) is 0 Å². The summed E-state index contributed by atoms with van der Waals surface area (Å²) in [7, 11) is 0. The van der Waals surface area contributed by atoms with E-state index in [2.05, 4.69) is 13.8 Å². The maximum atomic E-state index is 12.0. The van der Waals surface area contributed by atoms with Crippen LogP contribution in [0.4, 0.5) is 5.69 Å². The average molecular weight is 330 g/mol. The molecule has 1 aromatic rings. The smallest absolute Gasteiger partial charge is 0.299 e. The molecule has 0 bridgehead atoms. The molecule has 0 spiro atoms. The van der Waals surface area contributed by atoms with Crippen LogP contribution in [0.25, 0.3) is 0 Å². The molecule has 0 aliphatic carbocycles. The molecule has 0 fully saturated rings. The molecule has 21 heavy (non-hydrogen) atoms. The number of hydrogen-bond acceptors (Lipinski definition) is 3. The first-order valence-electron chi connectivity index (χ1n) is 6.85. The highest BCUT2D eigenvalue weighted by molar-refractivity contribution is 6.56. The number of carbonyl (C=O) groups excluding carboxylic acids is 2. The van der Waals surface area contributed by atoms with Crippen molar-refractivity contribution in [3.63, 3.8) is 0 Å². The van der Waals surface area contributed by atoms with Gasteiger partial charge in [0.05, 0.1) is 27.9 Å². The number of benzene rings is 1. The standard InChI is InChI=1S/C15H17Cl2NO3/c1-9(2)5-7-21-8-6-18-13-11(17)4-3-10(16)12(13)14(19)15(18)20/h3-4,9H,5-8H2,1-2H3. The number of anilines is 1. The molecule has 1 aliphatic rings. The highest BCUT2D eigenvalue weighted by Crippen LogP contribution is 2.39. The molecule has 0 N–H and O–H groups in total. The van der Waals surface area contributed by atoms with Crippen LogP contribution < -0.4 is 4.90 Å². The highest BCUT2D eigenvalue weighted by Gasteiger charge is 2.38. The van der Waals surface area contributed by atoms with Gasteiger partial charge in [-0.15, -0.1) is 0 Å². The van der Waals surface area contributed by atoms with E-state index in [0.717, 1.165) is 6.42 Å². The van der Waals surface area contributed by atoms with E-state index in [1.54, 1.807) is 6.07 Å². The van der Waals surface area contributed by atoms with E-state index in [0.29, 0.717) is 29.8 Å². The molecule has 1 heterocycles. The summed E-state index contributed by atoms with van der Waals surface area (Å²) >= 11 is 12.1. The lowest BCUT2D eigenvalue weighted by Crippen LogP contribution is -2.33. The van der Waals surface area contributed by atoms with Crippen molar-refractivity contribution in [2.24, 2.45) is 5.92 Å². The molecular formula is C15H17Cl2NO3. The third-order valence-electron chi connectivity index (χ3n) is 3.31. The average Bonchev–Trinajstić information content (AvgIpc) is 2.68. The quantitative estimate of drug-likeness (QED) is 0.592. The molecule has 0 atom stereocenters. The van der Waals surface area contributed by atoms with Gasteiger partial charge in [0.2, 0.25) is 0 Å². The Kier molecular flexibility index (Phi) is 5.25. The van der Waals surface area contributed by atoms with E-state index in [1.165, 1.54) is 11.0 Å². The first-order chi connectivity index (χ1) is 9.93. The Bertz CT molecular complexity index is 572.